The lowest BCUT2D eigenvalue weighted by Crippen LogP contribution is -2.51. The molecular formula is C39H46N2O7. The molecule has 0 aromatic heterocycles. The first-order chi connectivity index (χ1) is 23.1. The average molecular weight is 655 g/mol. The molecule has 0 aliphatic carbocycles. The molecule has 0 N–H and O–H groups in total. The lowest BCUT2D eigenvalue weighted by atomic mass is 9.79. The van der Waals surface area contributed by atoms with E-state index in [0.29, 0.717) is 32.8 Å². The molecule has 0 saturated carbocycles. The summed E-state index contributed by atoms with van der Waals surface area (Å²) in [6.07, 6.45) is -1.47. The second-order valence-corrected chi connectivity index (χ2v) is 13.3. The molecule has 0 radical (unpaired) electrons. The standard InChI is InChI=1S/C39H46N2O7/c1-39(2,3)47-38(43)48-41-23-34(27-44-5)36(35(24-41)45-26-30-17-18-31-13-9-10-14-33(31)21-30)32-19-15-29(16-20-32)25-46-37(42)40(4)22-28-11-7-6-8-12-28/h6-21,34-36H,22-27H2,1-5H3. The van der Waals surface area contributed by atoms with Gasteiger partial charge in [0.15, 0.2) is 0 Å². The minimum Gasteiger partial charge on any atom is -0.445 e. The number of rotatable bonds is 11. The van der Waals surface area contributed by atoms with Crippen molar-refractivity contribution in [2.24, 2.45) is 5.92 Å². The Kier molecular flexibility index (Phi) is 11.7. The van der Waals surface area contributed by atoms with Crippen LogP contribution in [0.4, 0.5) is 9.59 Å². The second-order valence-electron chi connectivity index (χ2n) is 13.3. The summed E-state index contributed by atoms with van der Waals surface area (Å²) in [4.78, 5) is 32.5. The molecule has 1 amide bonds. The SMILES string of the molecule is COCC1CN(OC(=O)OC(C)(C)C)CC(OCc2ccc3ccccc3c2)C1c1ccc(COC(=O)N(C)Cc2ccccc2)cc1. The molecule has 9 nitrogen and oxygen atoms in total. The van der Waals surface area contributed by atoms with E-state index in [1.54, 1.807) is 44.9 Å². The van der Waals surface area contributed by atoms with Crippen molar-refractivity contribution in [1.29, 1.82) is 0 Å². The first kappa shape index (κ1) is 34.9. The quantitative estimate of drug-likeness (QED) is 0.152. The van der Waals surface area contributed by atoms with E-state index < -0.39 is 11.8 Å². The summed E-state index contributed by atoms with van der Waals surface area (Å²) < 4.78 is 23.4. The molecule has 48 heavy (non-hydrogen) atoms. The van der Waals surface area contributed by atoms with Gasteiger partial charge in [0, 0.05) is 39.1 Å². The van der Waals surface area contributed by atoms with Crippen LogP contribution in [0.3, 0.4) is 0 Å². The lowest BCUT2D eigenvalue weighted by molar-refractivity contribution is -0.195. The number of piperidine rings is 1. The number of hydrogen-bond donors (Lipinski definition) is 0. The van der Waals surface area contributed by atoms with Gasteiger partial charge in [0.25, 0.3) is 0 Å². The van der Waals surface area contributed by atoms with Crippen LogP contribution in [0, 0.1) is 5.92 Å². The third-order valence-corrected chi connectivity index (χ3v) is 8.28. The zero-order chi connectivity index (χ0) is 34.1. The number of hydrogen-bond acceptors (Lipinski definition) is 8. The summed E-state index contributed by atoms with van der Waals surface area (Å²) in [7, 11) is 3.40. The number of benzene rings is 4. The first-order valence-electron chi connectivity index (χ1n) is 16.3. The summed E-state index contributed by atoms with van der Waals surface area (Å²) in [5.41, 5.74) is 3.35. The van der Waals surface area contributed by atoms with Gasteiger partial charge in [-0.1, -0.05) is 91.0 Å². The molecule has 1 heterocycles. The molecule has 0 spiro atoms. The zero-order valence-electron chi connectivity index (χ0n) is 28.5. The van der Waals surface area contributed by atoms with E-state index in [-0.39, 0.29) is 30.6 Å². The van der Waals surface area contributed by atoms with Crippen LogP contribution >= 0.6 is 0 Å². The third-order valence-electron chi connectivity index (χ3n) is 8.28. The Bertz CT molecular complexity index is 1640. The number of amides is 1. The van der Waals surface area contributed by atoms with Crippen LogP contribution in [0.1, 0.15) is 48.9 Å². The monoisotopic (exact) mass is 654 g/mol. The summed E-state index contributed by atoms with van der Waals surface area (Å²) >= 11 is 0. The predicted molar refractivity (Wildman–Crippen MR) is 184 cm³/mol. The van der Waals surface area contributed by atoms with Gasteiger partial charge in [-0.15, -0.1) is 5.06 Å². The van der Waals surface area contributed by atoms with E-state index in [1.165, 1.54) is 5.39 Å². The highest BCUT2D eigenvalue weighted by molar-refractivity contribution is 5.82. The van der Waals surface area contributed by atoms with Gasteiger partial charge in [-0.05, 0) is 59.9 Å². The van der Waals surface area contributed by atoms with Crippen LogP contribution in [-0.4, -0.2) is 67.8 Å². The predicted octanol–water partition coefficient (Wildman–Crippen LogP) is 7.72. The largest absolute Gasteiger partial charge is 0.528 e. The Balaban J connectivity index is 1.30. The van der Waals surface area contributed by atoms with Crippen molar-refractivity contribution in [1.82, 2.24) is 9.96 Å². The van der Waals surface area contributed by atoms with Crippen LogP contribution in [0.5, 0.6) is 0 Å². The molecule has 1 aliphatic heterocycles. The van der Waals surface area contributed by atoms with Crippen LogP contribution in [0.2, 0.25) is 0 Å². The maximum absolute atomic E-state index is 12.7. The van der Waals surface area contributed by atoms with Crippen LogP contribution in [-0.2, 0) is 43.5 Å². The van der Waals surface area contributed by atoms with Crippen LogP contribution in [0.15, 0.2) is 97.1 Å². The highest BCUT2D eigenvalue weighted by Gasteiger charge is 2.40. The molecule has 4 aromatic rings. The van der Waals surface area contributed by atoms with E-state index in [0.717, 1.165) is 27.6 Å². The molecule has 0 bridgehead atoms. The Labute approximate surface area is 283 Å². The van der Waals surface area contributed by atoms with Gasteiger partial charge in [-0.25, -0.2) is 9.59 Å². The zero-order valence-corrected chi connectivity index (χ0v) is 28.5. The number of hydroxylamine groups is 2. The number of nitrogens with zero attached hydrogens (tertiary/aromatic N) is 2. The fourth-order valence-electron chi connectivity index (χ4n) is 6.07. The van der Waals surface area contributed by atoms with Gasteiger partial charge in [0.1, 0.15) is 12.2 Å². The summed E-state index contributed by atoms with van der Waals surface area (Å²) in [5.74, 6) is -0.111. The maximum Gasteiger partial charge on any atom is 0.528 e. The minimum absolute atomic E-state index is 0.0527. The number of fused-ring (bicyclic) bond motifs is 1. The van der Waals surface area contributed by atoms with Crippen molar-refractivity contribution in [3.63, 3.8) is 0 Å². The van der Waals surface area contributed by atoms with Crippen LogP contribution < -0.4 is 0 Å². The average Bonchev–Trinajstić information content (AvgIpc) is 3.06. The Morgan fingerprint density at radius 1 is 0.812 bits per heavy atom. The van der Waals surface area contributed by atoms with E-state index in [9.17, 15) is 9.59 Å². The van der Waals surface area contributed by atoms with Crippen molar-refractivity contribution in [3.8, 4) is 0 Å². The van der Waals surface area contributed by atoms with Crippen molar-refractivity contribution in [3.05, 3.63) is 119 Å². The van der Waals surface area contributed by atoms with Crippen molar-refractivity contribution < 1.29 is 33.4 Å². The van der Waals surface area contributed by atoms with E-state index >= 15 is 0 Å². The van der Waals surface area contributed by atoms with Crippen molar-refractivity contribution in [2.75, 3.05) is 33.9 Å². The molecule has 1 aliphatic rings. The van der Waals surface area contributed by atoms with Gasteiger partial charge in [0.05, 0.1) is 25.9 Å². The highest BCUT2D eigenvalue weighted by atomic mass is 16.8. The summed E-state index contributed by atoms with van der Waals surface area (Å²) in [6.45, 7) is 7.65. The number of methoxy groups -OCH3 is 1. The van der Waals surface area contributed by atoms with E-state index in [2.05, 4.69) is 42.5 Å². The molecule has 254 valence electrons. The topological polar surface area (TPSA) is 86.8 Å². The molecular weight excluding hydrogens is 608 g/mol. The number of carbonyl (C=O) groups is 2. The molecule has 9 heteroatoms. The third kappa shape index (κ3) is 9.79. The fraction of sp³-hybridized carbons (Fsp3) is 0.385. The molecule has 5 rings (SSSR count). The molecule has 1 fully saturated rings. The summed E-state index contributed by atoms with van der Waals surface area (Å²) in [6, 6.07) is 32.4. The smallest absolute Gasteiger partial charge is 0.445 e. The van der Waals surface area contributed by atoms with Gasteiger partial charge in [-0.3, -0.25) is 0 Å². The molecule has 1 saturated heterocycles. The first-order valence-corrected chi connectivity index (χ1v) is 16.3. The van der Waals surface area contributed by atoms with Crippen molar-refractivity contribution in [2.45, 2.75) is 58.2 Å². The molecule has 4 aromatic carbocycles. The fourth-order valence-corrected chi connectivity index (χ4v) is 6.07. The Morgan fingerprint density at radius 3 is 2.21 bits per heavy atom. The molecule has 3 unspecified atom stereocenters. The van der Waals surface area contributed by atoms with Gasteiger partial charge < -0.3 is 28.7 Å². The van der Waals surface area contributed by atoms with E-state index in [4.69, 9.17) is 23.8 Å². The normalized spacial score (nSPS) is 18.3. The lowest BCUT2D eigenvalue weighted by Gasteiger charge is -2.42. The molecule has 3 atom stereocenters. The Hall–Kier alpha value is -4.44. The minimum atomic E-state index is -0.751. The number of ether oxygens (including phenoxy) is 4. The number of carbonyl (C=O) groups excluding carboxylic acids is 2. The van der Waals surface area contributed by atoms with Crippen LogP contribution in [0.25, 0.3) is 10.8 Å². The van der Waals surface area contributed by atoms with Crippen molar-refractivity contribution >= 4 is 23.0 Å². The Morgan fingerprint density at radius 2 is 1.50 bits per heavy atom. The second kappa shape index (κ2) is 16.1. The van der Waals surface area contributed by atoms with Gasteiger partial charge in [0.2, 0.25) is 0 Å². The summed E-state index contributed by atoms with van der Waals surface area (Å²) in [5, 5.41) is 3.94. The van der Waals surface area contributed by atoms with E-state index in [1.807, 2.05) is 54.6 Å². The van der Waals surface area contributed by atoms with Gasteiger partial charge >= 0.3 is 12.2 Å². The highest BCUT2D eigenvalue weighted by Crippen LogP contribution is 2.36. The maximum atomic E-state index is 12.7. The van der Waals surface area contributed by atoms with Gasteiger partial charge in [-0.2, -0.15) is 0 Å².